The summed E-state index contributed by atoms with van der Waals surface area (Å²) in [6, 6.07) is 16.0. The van der Waals surface area contributed by atoms with Gasteiger partial charge in [-0.3, -0.25) is 9.69 Å². The van der Waals surface area contributed by atoms with Gasteiger partial charge in [0.25, 0.3) is 0 Å². The second kappa shape index (κ2) is 9.38. The summed E-state index contributed by atoms with van der Waals surface area (Å²) in [5.41, 5.74) is 2.38. The molecule has 0 N–H and O–H groups in total. The van der Waals surface area contributed by atoms with Crippen LogP contribution < -0.4 is 4.90 Å². The van der Waals surface area contributed by atoms with E-state index in [-0.39, 0.29) is 5.92 Å². The van der Waals surface area contributed by atoms with Crippen LogP contribution >= 0.6 is 23.2 Å². The van der Waals surface area contributed by atoms with Crippen LogP contribution in [0, 0.1) is 5.92 Å². The first-order valence-corrected chi connectivity index (χ1v) is 11.1. The first-order chi connectivity index (χ1) is 14.1. The minimum Gasteiger partial charge on any atom is -0.368 e. The van der Waals surface area contributed by atoms with Gasteiger partial charge in [-0.25, -0.2) is 0 Å². The fourth-order valence-corrected chi connectivity index (χ4v) is 4.68. The first-order valence-electron chi connectivity index (χ1n) is 10.3. The van der Waals surface area contributed by atoms with E-state index in [4.69, 9.17) is 23.2 Å². The molecule has 4 nitrogen and oxygen atoms in total. The van der Waals surface area contributed by atoms with Gasteiger partial charge < -0.3 is 9.80 Å². The summed E-state index contributed by atoms with van der Waals surface area (Å²) >= 11 is 12.1. The quantitative estimate of drug-likeness (QED) is 0.709. The van der Waals surface area contributed by atoms with Gasteiger partial charge in [-0.2, -0.15) is 0 Å². The van der Waals surface area contributed by atoms with Crippen molar-refractivity contribution in [1.82, 2.24) is 9.80 Å². The maximum Gasteiger partial charge on any atom is 0.227 e. The van der Waals surface area contributed by atoms with Crippen LogP contribution in [-0.4, -0.2) is 55.0 Å². The lowest BCUT2D eigenvalue weighted by molar-refractivity contribution is -0.137. The topological polar surface area (TPSA) is 26.8 Å². The molecule has 1 amide bonds. The molecule has 2 aliphatic rings. The highest BCUT2D eigenvalue weighted by Gasteiger charge is 2.31. The first kappa shape index (κ1) is 20.5. The Kier molecular flexibility index (Phi) is 6.63. The lowest BCUT2D eigenvalue weighted by atomic mass is 9.95. The van der Waals surface area contributed by atoms with Crippen LogP contribution in [0.15, 0.2) is 48.5 Å². The van der Waals surface area contributed by atoms with Crippen molar-refractivity contribution >= 4 is 34.8 Å². The SMILES string of the molecule is O=C(C1CCCN(Cc2ccc(Cl)cc2)C1)N1CCN(c2cccc(Cl)c2)CC1. The number of amides is 1. The lowest BCUT2D eigenvalue weighted by Crippen LogP contribution is -2.52. The number of benzene rings is 2. The molecular weight excluding hydrogens is 405 g/mol. The highest BCUT2D eigenvalue weighted by Crippen LogP contribution is 2.24. The van der Waals surface area contributed by atoms with Gasteiger partial charge in [0.05, 0.1) is 5.92 Å². The smallest absolute Gasteiger partial charge is 0.227 e. The minimum atomic E-state index is 0.105. The molecule has 2 aromatic rings. The Morgan fingerprint density at radius 2 is 1.69 bits per heavy atom. The third kappa shape index (κ3) is 5.25. The molecule has 0 aliphatic carbocycles. The number of nitrogens with zero attached hydrogens (tertiary/aromatic N) is 3. The average molecular weight is 432 g/mol. The molecule has 2 heterocycles. The van der Waals surface area contributed by atoms with Crippen LogP contribution in [0.5, 0.6) is 0 Å². The highest BCUT2D eigenvalue weighted by molar-refractivity contribution is 6.31. The van der Waals surface area contributed by atoms with Gasteiger partial charge >= 0.3 is 0 Å². The van der Waals surface area contributed by atoms with E-state index in [0.717, 1.165) is 74.4 Å². The molecule has 0 spiro atoms. The molecule has 0 radical (unpaired) electrons. The highest BCUT2D eigenvalue weighted by atomic mass is 35.5. The molecule has 0 aromatic heterocycles. The second-order valence-corrected chi connectivity index (χ2v) is 8.87. The molecule has 2 aliphatic heterocycles. The Balaban J connectivity index is 1.30. The van der Waals surface area contributed by atoms with Gasteiger partial charge in [0.1, 0.15) is 0 Å². The van der Waals surface area contributed by atoms with Crippen LogP contribution in [0.2, 0.25) is 10.0 Å². The van der Waals surface area contributed by atoms with Crippen molar-refractivity contribution in [2.24, 2.45) is 5.92 Å². The van der Waals surface area contributed by atoms with Crippen LogP contribution in [0.25, 0.3) is 0 Å². The normalized spacial score (nSPS) is 20.7. The number of hydrogen-bond acceptors (Lipinski definition) is 3. The summed E-state index contributed by atoms with van der Waals surface area (Å²) < 4.78 is 0. The summed E-state index contributed by atoms with van der Waals surface area (Å²) in [4.78, 5) is 19.9. The van der Waals surface area contributed by atoms with Gasteiger partial charge in [0.2, 0.25) is 5.91 Å². The van der Waals surface area contributed by atoms with E-state index in [1.807, 2.05) is 30.3 Å². The number of rotatable bonds is 4. The molecule has 4 rings (SSSR count). The van der Waals surface area contributed by atoms with Gasteiger partial charge in [0.15, 0.2) is 0 Å². The van der Waals surface area contributed by atoms with Gasteiger partial charge in [-0.1, -0.05) is 41.4 Å². The van der Waals surface area contributed by atoms with Crippen molar-refractivity contribution in [2.75, 3.05) is 44.2 Å². The van der Waals surface area contributed by atoms with Crippen LogP contribution in [0.4, 0.5) is 5.69 Å². The molecule has 154 valence electrons. The van der Waals surface area contributed by atoms with E-state index in [1.54, 1.807) is 0 Å². The summed E-state index contributed by atoms with van der Waals surface area (Å²) in [6.45, 7) is 6.03. The number of carbonyl (C=O) groups is 1. The Morgan fingerprint density at radius 3 is 2.41 bits per heavy atom. The number of piperidine rings is 1. The van der Waals surface area contributed by atoms with E-state index in [0.29, 0.717) is 5.91 Å². The van der Waals surface area contributed by atoms with Gasteiger partial charge in [-0.15, -0.1) is 0 Å². The minimum absolute atomic E-state index is 0.105. The fourth-order valence-electron chi connectivity index (χ4n) is 4.36. The molecule has 2 aromatic carbocycles. The Labute approximate surface area is 183 Å². The number of likely N-dealkylation sites (tertiary alicyclic amines) is 1. The van der Waals surface area contributed by atoms with E-state index in [1.165, 1.54) is 5.56 Å². The Bertz CT molecular complexity index is 834. The number of carbonyl (C=O) groups excluding carboxylic acids is 1. The lowest BCUT2D eigenvalue weighted by Gasteiger charge is -2.39. The van der Waals surface area contributed by atoms with Crippen molar-refractivity contribution in [3.8, 4) is 0 Å². The summed E-state index contributed by atoms with van der Waals surface area (Å²) in [6.07, 6.45) is 2.07. The third-order valence-corrected chi connectivity index (χ3v) is 6.43. The predicted molar refractivity (Wildman–Crippen MR) is 120 cm³/mol. The fraction of sp³-hybridized carbons (Fsp3) is 0.435. The Hall–Kier alpha value is -1.75. The molecule has 0 bridgehead atoms. The summed E-state index contributed by atoms with van der Waals surface area (Å²) in [5.74, 6) is 0.422. The Morgan fingerprint density at radius 1 is 0.931 bits per heavy atom. The monoisotopic (exact) mass is 431 g/mol. The molecule has 29 heavy (non-hydrogen) atoms. The molecule has 1 unspecified atom stereocenters. The van der Waals surface area contributed by atoms with E-state index in [2.05, 4.69) is 32.9 Å². The molecule has 6 heteroatoms. The molecular formula is C23H27Cl2N3O. The molecule has 1 atom stereocenters. The number of halogens is 2. The maximum atomic E-state index is 13.1. The van der Waals surface area contributed by atoms with Crippen LogP contribution in [0.3, 0.4) is 0 Å². The van der Waals surface area contributed by atoms with E-state index in [9.17, 15) is 4.79 Å². The van der Waals surface area contributed by atoms with Crippen LogP contribution in [0.1, 0.15) is 18.4 Å². The summed E-state index contributed by atoms with van der Waals surface area (Å²) in [5, 5.41) is 1.52. The van der Waals surface area contributed by atoms with E-state index >= 15 is 0 Å². The largest absolute Gasteiger partial charge is 0.368 e. The van der Waals surface area contributed by atoms with Crippen molar-refractivity contribution in [3.63, 3.8) is 0 Å². The second-order valence-electron chi connectivity index (χ2n) is 7.99. The van der Waals surface area contributed by atoms with Gasteiger partial charge in [0, 0.05) is 55.0 Å². The molecule has 0 saturated carbocycles. The maximum absolute atomic E-state index is 13.1. The standard InChI is InChI=1S/C23H27Cl2N3O/c24-20-8-6-18(7-9-20)16-26-10-2-3-19(17-26)23(29)28-13-11-27(12-14-28)22-5-1-4-21(25)15-22/h1,4-9,15,19H,2-3,10-14,16-17H2. The van der Waals surface area contributed by atoms with Crippen molar-refractivity contribution in [1.29, 1.82) is 0 Å². The third-order valence-electron chi connectivity index (χ3n) is 5.94. The van der Waals surface area contributed by atoms with Crippen molar-refractivity contribution in [2.45, 2.75) is 19.4 Å². The zero-order valence-corrected chi connectivity index (χ0v) is 18.1. The molecule has 2 fully saturated rings. The molecule has 2 saturated heterocycles. The zero-order valence-electron chi connectivity index (χ0n) is 16.6. The average Bonchev–Trinajstić information content (AvgIpc) is 2.75. The number of hydrogen-bond donors (Lipinski definition) is 0. The van der Waals surface area contributed by atoms with E-state index < -0.39 is 0 Å². The number of piperazine rings is 1. The van der Waals surface area contributed by atoms with Crippen LogP contribution in [-0.2, 0) is 11.3 Å². The summed E-state index contributed by atoms with van der Waals surface area (Å²) in [7, 11) is 0. The van der Waals surface area contributed by atoms with Crippen molar-refractivity contribution in [3.05, 3.63) is 64.1 Å². The predicted octanol–water partition coefficient (Wildman–Crippen LogP) is 4.55. The number of anilines is 1. The zero-order chi connectivity index (χ0) is 20.2. The van der Waals surface area contributed by atoms with Gasteiger partial charge in [-0.05, 0) is 55.3 Å². The van der Waals surface area contributed by atoms with Crippen molar-refractivity contribution < 1.29 is 4.79 Å².